The molecule has 2 rings (SSSR count). The molecule has 7 nitrogen and oxygen atoms in total. The number of hydrogen-bond donors (Lipinski definition) is 2. The fraction of sp³-hybridized carbons (Fsp3) is 0.400. The quantitative estimate of drug-likeness (QED) is 0.847. The number of carbonyl (C=O) groups is 1. The number of aryl methyl sites for hydroxylation is 1. The van der Waals surface area contributed by atoms with E-state index in [1.54, 1.807) is 12.3 Å². The van der Waals surface area contributed by atoms with Crippen LogP contribution in [0.1, 0.15) is 40.2 Å². The Bertz CT molecular complexity index is 548. The molecule has 0 radical (unpaired) electrons. The molecule has 0 aliphatic heterocycles. The van der Waals surface area contributed by atoms with Gasteiger partial charge < -0.3 is 15.6 Å². The summed E-state index contributed by atoms with van der Waals surface area (Å²) in [6, 6.07) is -0.170. The van der Waals surface area contributed by atoms with Crippen LogP contribution in [-0.2, 0) is 6.54 Å². The summed E-state index contributed by atoms with van der Waals surface area (Å²) in [6.45, 7) is 3.72. The van der Waals surface area contributed by atoms with Crippen molar-refractivity contribution in [3.05, 3.63) is 27.8 Å². The van der Waals surface area contributed by atoms with Gasteiger partial charge in [-0.2, -0.15) is 4.98 Å². The minimum atomic E-state index is -0.277. The average molecular weight is 267 g/mol. The van der Waals surface area contributed by atoms with E-state index in [1.165, 1.54) is 11.3 Å². The standard InChI is InChI=1S/C10H13N5O2S/c1-5(11)10-14-7(4-18-10)9(16)12-3-8-13-6(2)17-15-8/h4-5H,3,11H2,1-2H3,(H,12,16). The smallest absolute Gasteiger partial charge is 0.271 e. The maximum Gasteiger partial charge on any atom is 0.271 e. The van der Waals surface area contributed by atoms with Crippen LogP contribution >= 0.6 is 11.3 Å². The molecule has 0 fully saturated rings. The summed E-state index contributed by atoms with van der Waals surface area (Å²) >= 11 is 1.37. The molecule has 96 valence electrons. The fourth-order valence-corrected chi connectivity index (χ4v) is 2.02. The van der Waals surface area contributed by atoms with Crippen molar-refractivity contribution in [2.75, 3.05) is 0 Å². The second kappa shape index (κ2) is 5.23. The number of aromatic nitrogens is 3. The van der Waals surface area contributed by atoms with E-state index in [0.717, 1.165) is 5.01 Å². The van der Waals surface area contributed by atoms with E-state index in [1.807, 2.05) is 6.92 Å². The minimum absolute atomic E-state index is 0.170. The summed E-state index contributed by atoms with van der Waals surface area (Å²) in [5.41, 5.74) is 6.03. The third-order valence-corrected chi connectivity index (χ3v) is 3.17. The molecule has 0 aliphatic carbocycles. The first kappa shape index (κ1) is 12.7. The van der Waals surface area contributed by atoms with Gasteiger partial charge in [0.05, 0.1) is 12.6 Å². The lowest BCUT2D eigenvalue weighted by Crippen LogP contribution is -2.23. The van der Waals surface area contributed by atoms with Crippen molar-refractivity contribution in [3.63, 3.8) is 0 Å². The average Bonchev–Trinajstić information content (AvgIpc) is 2.94. The van der Waals surface area contributed by atoms with E-state index in [4.69, 9.17) is 10.3 Å². The number of rotatable bonds is 4. The summed E-state index contributed by atoms with van der Waals surface area (Å²) in [7, 11) is 0. The second-order valence-corrected chi connectivity index (χ2v) is 4.66. The van der Waals surface area contributed by atoms with Crippen LogP contribution in [-0.4, -0.2) is 21.0 Å². The van der Waals surface area contributed by atoms with E-state index in [2.05, 4.69) is 20.4 Å². The normalized spacial score (nSPS) is 12.4. The third-order valence-electron chi connectivity index (χ3n) is 2.12. The molecule has 2 aromatic rings. The van der Waals surface area contributed by atoms with Crippen molar-refractivity contribution in [1.82, 2.24) is 20.4 Å². The van der Waals surface area contributed by atoms with Gasteiger partial charge in [-0.1, -0.05) is 5.16 Å². The molecule has 0 saturated carbocycles. The van der Waals surface area contributed by atoms with Crippen molar-refractivity contribution < 1.29 is 9.32 Å². The maximum atomic E-state index is 11.8. The summed E-state index contributed by atoms with van der Waals surface area (Å²) in [5, 5.41) is 8.74. The van der Waals surface area contributed by atoms with Gasteiger partial charge in [0.1, 0.15) is 10.7 Å². The Morgan fingerprint density at radius 2 is 2.39 bits per heavy atom. The van der Waals surface area contributed by atoms with Gasteiger partial charge in [0.2, 0.25) is 5.89 Å². The topological polar surface area (TPSA) is 107 Å². The van der Waals surface area contributed by atoms with Gasteiger partial charge in [-0.05, 0) is 6.92 Å². The predicted octanol–water partition coefficient (Wildman–Crippen LogP) is 0.784. The lowest BCUT2D eigenvalue weighted by Gasteiger charge is -1.99. The van der Waals surface area contributed by atoms with Crippen LogP contribution in [0.2, 0.25) is 0 Å². The lowest BCUT2D eigenvalue weighted by molar-refractivity contribution is 0.0945. The second-order valence-electron chi connectivity index (χ2n) is 3.77. The minimum Gasteiger partial charge on any atom is -0.343 e. The molecule has 2 aromatic heterocycles. The highest BCUT2D eigenvalue weighted by Crippen LogP contribution is 2.15. The molecule has 18 heavy (non-hydrogen) atoms. The van der Waals surface area contributed by atoms with E-state index in [-0.39, 0.29) is 18.5 Å². The van der Waals surface area contributed by atoms with Crippen molar-refractivity contribution in [3.8, 4) is 0 Å². The van der Waals surface area contributed by atoms with Gasteiger partial charge >= 0.3 is 0 Å². The summed E-state index contributed by atoms with van der Waals surface area (Å²) in [6.07, 6.45) is 0. The van der Waals surface area contributed by atoms with Gasteiger partial charge in [-0.3, -0.25) is 4.79 Å². The van der Waals surface area contributed by atoms with Gasteiger partial charge in [-0.25, -0.2) is 4.98 Å². The van der Waals surface area contributed by atoms with Crippen LogP contribution in [0.5, 0.6) is 0 Å². The van der Waals surface area contributed by atoms with Crippen LogP contribution in [0.25, 0.3) is 0 Å². The highest BCUT2D eigenvalue weighted by molar-refractivity contribution is 7.09. The van der Waals surface area contributed by atoms with Gasteiger partial charge in [0, 0.05) is 12.3 Å². The number of carbonyl (C=O) groups excluding carboxylic acids is 1. The van der Waals surface area contributed by atoms with E-state index < -0.39 is 0 Å². The van der Waals surface area contributed by atoms with E-state index in [0.29, 0.717) is 17.4 Å². The lowest BCUT2D eigenvalue weighted by atomic mass is 10.4. The first-order valence-electron chi connectivity index (χ1n) is 5.34. The molecule has 0 aromatic carbocycles. The molecular weight excluding hydrogens is 254 g/mol. The van der Waals surface area contributed by atoms with Crippen LogP contribution in [0.15, 0.2) is 9.90 Å². The Morgan fingerprint density at radius 3 is 2.94 bits per heavy atom. The van der Waals surface area contributed by atoms with Gasteiger partial charge in [0.25, 0.3) is 5.91 Å². The Labute approximate surface area is 107 Å². The van der Waals surface area contributed by atoms with Crippen molar-refractivity contribution in [1.29, 1.82) is 0 Å². The number of nitrogens with one attached hydrogen (secondary N) is 1. The summed E-state index contributed by atoms with van der Waals surface area (Å²) in [4.78, 5) is 19.9. The van der Waals surface area contributed by atoms with E-state index in [9.17, 15) is 4.79 Å². The van der Waals surface area contributed by atoms with Gasteiger partial charge in [0.15, 0.2) is 5.82 Å². The van der Waals surface area contributed by atoms with Crippen LogP contribution < -0.4 is 11.1 Å². The predicted molar refractivity (Wildman–Crippen MR) is 64.9 cm³/mol. The molecule has 1 atom stereocenters. The highest BCUT2D eigenvalue weighted by Gasteiger charge is 2.13. The zero-order chi connectivity index (χ0) is 13.1. The monoisotopic (exact) mass is 267 g/mol. The number of hydrogen-bond acceptors (Lipinski definition) is 7. The molecular formula is C10H13N5O2S. The Balaban J connectivity index is 1.95. The SMILES string of the molecule is Cc1nc(CNC(=O)c2csc(C(C)N)n2)no1. The molecule has 3 N–H and O–H groups in total. The first-order valence-corrected chi connectivity index (χ1v) is 6.22. The Kier molecular flexibility index (Phi) is 3.68. The van der Waals surface area contributed by atoms with Crippen LogP contribution in [0.3, 0.4) is 0 Å². The molecule has 2 heterocycles. The molecule has 1 unspecified atom stereocenters. The number of amides is 1. The van der Waals surface area contributed by atoms with Crippen molar-refractivity contribution in [2.24, 2.45) is 5.73 Å². The molecule has 0 aliphatic rings. The van der Waals surface area contributed by atoms with Gasteiger partial charge in [-0.15, -0.1) is 11.3 Å². The maximum absolute atomic E-state index is 11.8. The van der Waals surface area contributed by atoms with Crippen molar-refractivity contribution in [2.45, 2.75) is 26.4 Å². The molecule has 0 saturated heterocycles. The Hall–Kier alpha value is -1.80. The van der Waals surface area contributed by atoms with Crippen molar-refractivity contribution >= 4 is 17.2 Å². The van der Waals surface area contributed by atoms with Crippen LogP contribution in [0, 0.1) is 6.92 Å². The largest absolute Gasteiger partial charge is 0.343 e. The first-order chi connectivity index (χ1) is 8.56. The zero-order valence-corrected chi connectivity index (χ0v) is 10.8. The molecule has 0 bridgehead atoms. The third kappa shape index (κ3) is 2.90. The number of thiazole rings is 1. The fourth-order valence-electron chi connectivity index (χ4n) is 1.26. The molecule has 0 spiro atoms. The number of nitrogens with zero attached hydrogens (tertiary/aromatic N) is 3. The Morgan fingerprint density at radius 1 is 1.61 bits per heavy atom. The molecule has 8 heteroatoms. The number of nitrogens with two attached hydrogens (primary N) is 1. The zero-order valence-electron chi connectivity index (χ0n) is 10.0. The summed E-state index contributed by atoms with van der Waals surface area (Å²) in [5.74, 6) is 0.622. The van der Waals surface area contributed by atoms with Crippen LogP contribution in [0.4, 0.5) is 0 Å². The molecule has 1 amide bonds. The highest BCUT2D eigenvalue weighted by atomic mass is 32.1. The van der Waals surface area contributed by atoms with E-state index >= 15 is 0 Å². The summed E-state index contributed by atoms with van der Waals surface area (Å²) < 4.78 is 4.80.